The summed E-state index contributed by atoms with van der Waals surface area (Å²) in [4.78, 5) is 14.6. The molecule has 0 atom stereocenters. The zero-order valence-corrected chi connectivity index (χ0v) is 16.3. The smallest absolute Gasteiger partial charge is 0.274 e. The predicted molar refractivity (Wildman–Crippen MR) is 103 cm³/mol. The molecular formula is C20H26N4O3. The number of aromatic nitrogens is 2. The van der Waals surface area contributed by atoms with Crippen molar-refractivity contribution in [2.24, 2.45) is 5.92 Å². The SMILES string of the molecule is COc1cc2c(cc1OC)CN(C(=O)c1ccc(NCC(C)C)nn1)CC2. The minimum atomic E-state index is -0.113. The molecule has 0 unspecified atom stereocenters. The van der Waals surface area contributed by atoms with Crippen molar-refractivity contribution in [2.45, 2.75) is 26.8 Å². The van der Waals surface area contributed by atoms with Crippen molar-refractivity contribution in [1.29, 1.82) is 0 Å². The number of hydrogen-bond donors (Lipinski definition) is 1. The minimum absolute atomic E-state index is 0.113. The molecule has 0 aliphatic carbocycles. The molecule has 27 heavy (non-hydrogen) atoms. The lowest BCUT2D eigenvalue weighted by molar-refractivity contribution is 0.0727. The van der Waals surface area contributed by atoms with Crippen molar-refractivity contribution < 1.29 is 14.3 Å². The normalized spacial score (nSPS) is 13.3. The van der Waals surface area contributed by atoms with Crippen LogP contribution in [0.3, 0.4) is 0 Å². The van der Waals surface area contributed by atoms with E-state index in [0.717, 1.165) is 18.5 Å². The Balaban J connectivity index is 1.72. The van der Waals surface area contributed by atoms with Gasteiger partial charge in [0.25, 0.3) is 5.91 Å². The van der Waals surface area contributed by atoms with Gasteiger partial charge in [-0.05, 0) is 47.7 Å². The van der Waals surface area contributed by atoms with E-state index < -0.39 is 0 Å². The third-order valence-corrected chi connectivity index (χ3v) is 4.58. The van der Waals surface area contributed by atoms with E-state index in [1.54, 1.807) is 31.3 Å². The number of amides is 1. The zero-order valence-electron chi connectivity index (χ0n) is 16.3. The summed E-state index contributed by atoms with van der Waals surface area (Å²) in [6.45, 7) is 6.21. The molecule has 1 aromatic carbocycles. The van der Waals surface area contributed by atoms with Gasteiger partial charge >= 0.3 is 0 Å². The summed E-state index contributed by atoms with van der Waals surface area (Å²) in [6.07, 6.45) is 0.767. The maximum Gasteiger partial charge on any atom is 0.274 e. The van der Waals surface area contributed by atoms with E-state index in [0.29, 0.717) is 42.0 Å². The molecule has 0 radical (unpaired) electrons. The van der Waals surface area contributed by atoms with Gasteiger partial charge in [-0.15, -0.1) is 10.2 Å². The van der Waals surface area contributed by atoms with Gasteiger partial charge in [-0.25, -0.2) is 0 Å². The standard InChI is InChI=1S/C20H26N4O3/c1-13(2)11-21-19-6-5-16(22-23-19)20(25)24-8-7-14-9-17(26-3)18(27-4)10-15(14)12-24/h5-6,9-10,13H,7-8,11-12H2,1-4H3,(H,21,23). The summed E-state index contributed by atoms with van der Waals surface area (Å²) in [5.41, 5.74) is 2.60. The van der Waals surface area contributed by atoms with Gasteiger partial charge in [-0.3, -0.25) is 4.79 Å². The predicted octanol–water partition coefficient (Wildman–Crippen LogP) is 2.76. The average molecular weight is 370 g/mol. The second kappa shape index (κ2) is 8.24. The number of methoxy groups -OCH3 is 2. The van der Waals surface area contributed by atoms with Gasteiger partial charge in [-0.1, -0.05) is 13.8 Å². The third-order valence-electron chi connectivity index (χ3n) is 4.58. The number of benzene rings is 1. The summed E-state index contributed by atoms with van der Waals surface area (Å²) < 4.78 is 10.7. The number of hydrogen-bond acceptors (Lipinski definition) is 6. The van der Waals surface area contributed by atoms with Gasteiger partial charge in [0.05, 0.1) is 14.2 Å². The molecule has 1 aromatic heterocycles. The number of anilines is 1. The average Bonchev–Trinajstić information content (AvgIpc) is 2.70. The highest BCUT2D eigenvalue weighted by atomic mass is 16.5. The van der Waals surface area contributed by atoms with Crippen LogP contribution >= 0.6 is 0 Å². The van der Waals surface area contributed by atoms with Crippen LogP contribution in [-0.4, -0.2) is 48.3 Å². The lowest BCUT2D eigenvalue weighted by Gasteiger charge is -2.29. The fourth-order valence-electron chi connectivity index (χ4n) is 3.07. The Kier molecular flexibility index (Phi) is 5.78. The molecule has 3 rings (SSSR count). The van der Waals surface area contributed by atoms with E-state index in [1.807, 2.05) is 12.1 Å². The van der Waals surface area contributed by atoms with Crippen LogP contribution in [0.25, 0.3) is 0 Å². The zero-order chi connectivity index (χ0) is 19.4. The molecule has 2 heterocycles. The molecule has 7 nitrogen and oxygen atoms in total. The van der Waals surface area contributed by atoms with Crippen molar-refractivity contribution >= 4 is 11.7 Å². The Bertz CT molecular complexity index is 806. The Morgan fingerprint density at radius 2 is 1.85 bits per heavy atom. The Morgan fingerprint density at radius 3 is 2.44 bits per heavy atom. The van der Waals surface area contributed by atoms with Gasteiger partial charge < -0.3 is 19.7 Å². The van der Waals surface area contributed by atoms with Crippen molar-refractivity contribution in [1.82, 2.24) is 15.1 Å². The van der Waals surface area contributed by atoms with Gasteiger partial charge in [0.1, 0.15) is 5.82 Å². The first-order valence-corrected chi connectivity index (χ1v) is 9.12. The summed E-state index contributed by atoms with van der Waals surface area (Å²) in [6, 6.07) is 7.46. The van der Waals surface area contributed by atoms with Crippen molar-refractivity contribution in [3.63, 3.8) is 0 Å². The first-order chi connectivity index (χ1) is 13.0. The second-order valence-electron chi connectivity index (χ2n) is 7.03. The monoisotopic (exact) mass is 370 g/mol. The largest absolute Gasteiger partial charge is 0.493 e. The highest BCUT2D eigenvalue weighted by Gasteiger charge is 2.24. The van der Waals surface area contributed by atoms with Crippen molar-refractivity contribution in [3.05, 3.63) is 41.1 Å². The van der Waals surface area contributed by atoms with E-state index in [9.17, 15) is 4.79 Å². The Labute approximate surface area is 159 Å². The lowest BCUT2D eigenvalue weighted by Crippen LogP contribution is -2.36. The quantitative estimate of drug-likeness (QED) is 0.843. The number of fused-ring (bicyclic) bond motifs is 1. The molecule has 7 heteroatoms. The summed E-state index contributed by atoms with van der Waals surface area (Å²) in [5.74, 6) is 2.47. The first-order valence-electron chi connectivity index (χ1n) is 9.12. The number of nitrogens with zero attached hydrogens (tertiary/aromatic N) is 3. The Morgan fingerprint density at radius 1 is 1.15 bits per heavy atom. The number of nitrogens with one attached hydrogen (secondary N) is 1. The molecule has 1 amide bonds. The lowest BCUT2D eigenvalue weighted by atomic mass is 9.98. The molecule has 0 spiro atoms. The molecule has 1 aliphatic rings. The van der Waals surface area contributed by atoms with Crippen molar-refractivity contribution in [2.75, 3.05) is 32.6 Å². The third kappa shape index (κ3) is 4.30. The van der Waals surface area contributed by atoms with E-state index in [2.05, 4.69) is 29.4 Å². The van der Waals surface area contributed by atoms with E-state index in [1.165, 1.54) is 5.56 Å². The highest BCUT2D eigenvalue weighted by Crippen LogP contribution is 2.33. The van der Waals surface area contributed by atoms with Crippen LogP contribution < -0.4 is 14.8 Å². The van der Waals surface area contributed by atoms with Gasteiger partial charge in [0.2, 0.25) is 0 Å². The van der Waals surface area contributed by atoms with Crippen LogP contribution in [0, 0.1) is 5.92 Å². The summed E-state index contributed by atoms with van der Waals surface area (Å²) in [5, 5.41) is 11.4. The molecule has 0 fully saturated rings. The van der Waals surface area contributed by atoms with E-state index in [-0.39, 0.29) is 5.91 Å². The molecule has 0 bridgehead atoms. The van der Waals surface area contributed by atoms with Gasteiger partial charge in [0.15, 0.2) is 17.2 Å². The number of rotatable bonds is 6. The highest BCUT2D eigenvalue weighted by molar-refractivity contribution is 5.92. The number of carbonyl (C=O) groups is 1. The maximum atomic E-state index is 12.8. The summed E-state index contributed by atoms with van der Waals surface area (Å²) in [7, 11) is 3.24. The minimum Gasteiger partial charge on any atom is -0.493 e. The summed E-state index contributed by atoms with van der Waals surface area (Å²) >= 11 is 0. The molecule has 0 saturated heterocycles. The van der Waals surface area contributed by atoms with Gasteiger partial charge in [0, 0.05) is 19.6 Å². The molecule has 144 valence electrons. The topological polar surface area (TPSA) is 76.6 Å². The van der Waals surface area contributed by atoms with Crippen LogP contribution in [0.5, 0.6) is 11.5 Å². The second-order valence-corrected chi connectivity index (χ2v) is 7.03. The number of carbonyl (C=O) groups excluding carboxylic acids is 1. The fourth-order valence-corrected chi connectivity index (χ4v) is 3.07. The molecule has 1 aliphatic heterocycles. The van der Waals surface area contributed by atoms with Crippen LogP contribution in [-0.2, 0) is 13.0 Å². The molecular weight excluding hydrogens is 344 g/mol. The van der Waals surface area contributed by atoms with Crippen molar-refractivity contribution in [3.8, 4) is 11.5 Å². The first kappa shape index (κ1) is 18.9. The van der Waals surface area contributed by atoms with Crippen LogP contribution in [0.15, 0.2) is 24.3 Å². The van der Waals surface area contributed by atoms with E-state index >= 15 is 0 Å². The fraction of sp³-hybridized carbons (Fsp3) is 0.450. The van der Waals surface area contributed by atoms with Crippen LogP contribution in [0.1, 0.15) is 35.5 Å². The molecule has 1 N–H and O–H groups in total. The maximum absolute atomic E-state index is 12.8. The Hall–Kier alpha value is -2.83. The molecule has 2 aromatic rings. The van der Waals surface area contributed by atoms with Crippen LogP contribution in [0.2, 0.25) is 0 Å². The number of ether oxygens (including phenoxy) is 2. The van der Waals surface area contributed by atoms with E-state index in [4.69, 9.17) is 9.47 Å². The van der Waals surface area contributed by atoms with Gasteiger partial charge in [-0.2, -0.15) is 0 Å². The molecule has 0 saturated carbocycles. The van der Waals surface area contributed by atoms with Crippen LogP contribution in [0.4, 0.5) is 5.82 Å².